The number of hydrogen-bond acceptors (Lipinski definition) is 6. The van der Waals surface area contributed by atoms with Gasteiger partial charge in [-0.2, -0.15) is 0 Å². The molecule has 0 aliphatic carbocycles. The molecule has 1 aliphatic rings. The van der Waals surface area contributed by atoms with Crippen molar-refractivity contribution in [3.8, 4) is 16.9 Å². The molecule has 3 heterocycles. The maximum absolute atomic E-state index is 14.9. The number of ether oxygens (including phenoxy) is 1. The summed E-state index contributed by atoms with van der Waals surface area (Å²) in [6.07, 6.45) is 7.68. The van der Waals surface area contributed by atoms with Crippen molar-refractivity contribution in [1.82, 2.24) is 19.9 Å². The Morgan fingerprint density at radius 1 is 1.11 bits per heavy atom. The van der Waals surface area contributed by atoms with Crippen LogP contribution in [0.4, 0.5) is 14.7 Å². The summed E-state index contributed by atoms with van der Waals surface area (Å²) in [5.41, 5.74) is 1.81. The number of carbonyl (C=O) groups excluding carboxylic acids is 1. The van der Waals surface area contributed by atoms with Gasteiger partial charge in [0.2, 0.25) is 5.95 Å². The number of aromatic nitrogens is 3. The summed E-state index contributed by atoms with van der Waals surface area (Å²) in [4.78, 5) is 28.9. The Morgan fingerprint density at radius 2 is 1.77 bits per heavy atom. The molecule has 3 aromatic rings. The minimum absolute atomic E-state index is 0.130. The molecule has 0 bridgehead atoms. The first-order valence-electron chi connectivity index (χ1n) is 11.7. The fourth-order valence-electron chi connectivity index (χ4n) is 4.07. The van der Waals surface area contributed by atoms with Gasteiger partial charge in [-0.05, 0) is 54.5 Å². The number of amides is 1. The zero-order valence-electron chi connectivity index (χ0n) is 20.2. The molecule has 1 fully saturated rings. The summed E-state index contributed by atoms with van der Waals surface area (Å²) < 4.78 is 35.4. The van der Waals surface area contributed by atoms with Gasteiger partial charge in [0.15, 0.2) is 17.4 Å². The van der Waals surface area contributed by atoms with Gasteiger partial charge in [-0.3, -0.25) is 9.78 Å². The maximum atomic E-state index is 14.9. The highest BCUT2D eigenvalue weighted by molar-refractivity contribution is 5.98. The van der Waals surface area contributed by atoms with Crippen molar-refractivity contribution < 1.29 is 18.3 Å². The van der Waals surface area contributed by atoms with Crippen LogP contribution in [0.1, 0.15) is 35.8 Å². The number of rotatable bonds is 7. The second-order valence-electron chi connectivity index (χ2n) is 8.85. The van der Waals surface area contributed by atoms with Gasteiger partial charge in [0.05, 0.1) is 6.61 Å². The molecule has 1 amide bonds. The number of halogens is 2. The van der Waals surface area contributed by atoms with E-state index in [4.69, 9.17) is 4.74 Å². The Balaban J connectivity index is 1.40. The number of piperidine rings is 1. The number of anilines is 1. The van der Waals surface area contributed by atoms with Crippen molar-refractivity contribution in [1.29, 1.82) is 0 Å². The van der Waals surface area contributed by atoms with Gasteiger partial charge in [0, 0.05) is 51.3 Å². The molecule has 0 atom stereocenters. The van der Waals surface area contributed by atoms with Crippen molar-refractivity contribution in [3.05, 3.63) is 65.7 Å². The van der Waals surface area contributed by atoms with Crippen LogP contribution in [0.3, 0.4) is 0 Å². The van der Waals surface area contributed by atoms with E-state index in [1.165, 1.54) is 23.2 Å². The molecule has 0 spiro atoms. The van der Waals surface area contributed by atoms with E-state index in [1.807, 2.05) is 12.4 Å². The van der Waals surface area contributed by atoms with E-state index in [0.717, 1.165) is 37.9 Å². The number of aryl methyl sites for hydroxylation is 1. The number of hydrogen-bond donors (Lipinski definition) is 0. The summed E-state index contributed by atoms with van der Waals surface area (Å²) in [6.45, 7) is 3.79. The lowest BCUT2D eigenvalue weighted by molar-refractivity contribution is 0.0823. The van der Waals surface area contributed by atoms with E-state index in [0.29, 0.717) is 11.5 Å². The van der Waals surface area contributed by atoms with Crippen LogP contribution in [0.15, 0.2) is 42.9 Å². The van der Waals surface area contributed by atoms with Crippen LogP contribution in [0, 0.1) is 17.6 Å². The number of benzene rings is 1. The first-order chi connectivity index (χ1) is 16.9. The average molecular weight is 482 g/mol. The predicted molar refractivity (Wildman–Crippen MR) is 129 cm³/mol. The minimum Gasteiger partial charge on any atom is -0.487 e. The molecule has 0 unspecified atom stereocenters. The second-order valence-corrected chi connectivity index (χ2v) is 8.85. The third-order valence-electron chi connectivity index (χ3n) is 6.19. The lowest BCUT2D eigenvalue weighted by atomic mass is 9.98. The van der Waals surface area contributed by atoms with E-state index in [1.54, 1.807) is 26.2 Å². The van der Waals surface area contributed by atoms with Crippen LogP contribution >= 0.6 is 0 Å². The predicted octanol–water partition coefficient (Wildman–Crippen LogP) is 4.38. The van der Waals surface area contributed by atoms with E-state index in [-0.39, 0.29) is 29.7 Å². The molecule has 9 heteroatoms. The quantitative estimate of drug-likeness (QED) is 0.499. The van der Waals surface area contributed by atoms with Crippen LogP contribution in [0.5, 0.6) is 5.75 Å². The Hall–Kier alpha value is -3.62. The summed E-state index contributed by atoms with van der Waals surface area (Å²) in [5.74, 6) is -1.50. The SMILES string of the molecule is CCc1cnc(N2CCC(COc3c(F)cc(-c4cccnc4C(=O)N(C)C)cc3F)CC2)nc1. The Kier molecular flexibility index (Phi) is 7.53. The number of carbonyl (C=O) groups is 1. The Morgan fingerprint density at radius 3 is 2.37 bits per heavy atom. The zero-order valence-corrected chi connectivity index (χ0v) is 20.2. The largest absolute Gasteiger partial charge is 0.487 e. The molecule has 0 radical (unpaired) electrons. The third-order valence-corrected chi connectivity index (χ3v) is 6.19. The van der Waals surface area contributed by atoms with E-state index in [2.05, 4.69) is 26.8 Å². The number of nitrogens with zero attached hydrogens (tertiary/aromatic N) is 5. The Bertz CT molecular complexity index is 1160. The van der Waals surface area contributed by atoms with Gasteiger partial charge < -0.3 is 14.5 Å². The van der Waals surface area contributed by atoms with Crippen molar-refractivity contribution in [2.24, 2.45) is 5.92 Å². The van der Waals surface area contributed by atoms with E-state index in [9.17, 15) is 13.6 Å². The van der Waals surface area contributed by atoms with Crippen LogP contribution in [-0.2, 0) is 6.42 Å². The van der Waals surface area contributed by atoms with Crippen molar-refractivity contribution in [3.63, 3.8) is 0 Å². The highest BCUT2D eigenvalue weighted by Gasteiger charge is 2.24. The van der Waals surface area contributed by atoms with Crippen molar-refractivity contribution in [2.75, 3.05) is 38.7 Å². The fraction of sp³-hybridized carbons (Fsp3) is 0.385. The average Bonchev–Trinajstić information content (AvgIpc) is 2.88. The van der Waals surface area contributed by atoms with Gasteiger partial charge in [-0.1, -0.05) is 13.0 Å². The normalized spacial score (nSPS) is 14.1. The van der Waals surface area contributed by atoms with Crippen molar-refractivity contribution in [2.45, 2.75) is 26.2 Å². The lowest BCUT2D eigenvalue weighted by Gasteiger charge is -2.31. The fourth-order valence-corrected chi connectivity index (χ4v) is 4.07. The monoisotopic (exact) mass is 481 g/mol. The molecule has 7 nitrogen and oxygen atoms in total. The highest BCUT2D eigenvalue weighted by Crippen LogP contribution is 2.31. The molecule has 1 aromatic carbocycles. The summed E-state index contributed by atoms with van der Waals surface area (Å²) in [7, 11) is 3.19. The van der Waals surface area contributed by atoms with Gasteiger partial charge >= 0.3 is 0 Å². The van der Waals surface area contributed by atoms with E-state index < -0.39 is 17.4 Å². The van der Waals surface area contributed by atoms with Crippen LogP contribution < -0.4 is 9.64 Å². The molecule has 184 valence electrons. The van der Waals surface area contributed by atoms with Crippen LogP contribution in [0.25, 0.3) is 11.1 Å². The number of pyridine rings is 1. The molecule has 35 heavy (non-hydrogen) atoms. The zero-order chi connectivity index (χ0) is 24.9. The molecule has 1 aliphatic heterocycles. The first kappa shape index (κ1) is 24.5. The minimum atomic E-state index is -0.811. The lowest BCUT2D eigenvalue weighted by Crippen LogP contribution is -2.36. The van der Waals surface area contributed by atoms with Gasteiger partial charge in [0.1, 0.15) is 5.69 Å². The van der Waals surface area contributed by atoms with E-state index >= 15 is 0 Å². The molecule has 0 N–H and O–H groups in total. The third kappa shape index (κ3) is 5.55. The summed E-state index contributed by atoms with van der Waals surface area (Å²) >= 11 is 0. The topological polar surface area (TPSA) is 71.5 Å². The molecule has 1 saturated heterocycles. The molecular formula is C26H29F2N5O2. The molecular weight excluding hydrogens is 452 g/mol. The Labute approximate surface area is 203 Å². The maximum Gasteiger partial charge on any atom is 0.272 e. The standard InChI is InChI=1S/C26H29F2N5O2/c1-4-17-14-30-26(31-15-17)33-10-7-18(8-11-33)16-35-24-21(27)12-19(13-22(24)28)20-6-5-9-29-23(20)25(34)32(2)3/h5-6,9,12-15,18H,4,7-8,10-11,16H2,1-3H3. The van der Waals surface area contributed by atoms with Crippen molar-refractivity contribution >= 4 is 11.9 Å². The van der Waals surface area contributed by atoms with Crippen LogP contribution in [0.2, 0.25) is 0 Å². The second kappa shape index (κ2) is 10.8. The summed E-state index contributed by atoms with van der Waals surface area (Å²) in [6, 6.07) is 5.60. The molecule has 0 saturated carbocycles. The van der Waals surface area contributed by atoms with Gasteiger partial charge in [0.25, 0.3) is 5.91 Å². The van der Waals surface area contributed by atoms with Gasteiger partial charge in [-0.25, -0.2) is 18.7 Å². The first-order valence-corrected chi connectivity index (χ1v) is 11.7. The van der Waals surface area contributed by atoms with Crippen LogP contribution in [-0.4, -0.2) is 59.6 Å². The van der Waals surface area contributed by atoms with Gasteiger partial charge in [-0.15, -0.1) is 0 Å². The smallest absolute Gasteiger partial charge is 0.272 e. The summed E-state index contributed by atoms with van der Waals surface area (Å²) in [5, 5.41) is 0. The molecule has 4 rings (SSSR count). The highest BCUT2D eigenvalue weighted by atomic mass is 19.1. The molecule has 2 aromatic heterocycles.